The molecule has 1 unspecified atom stereocenters. The van der Waals surface area contributed by atoms with Crippen LogP contribution in [-0.2, 0) is 9.53 Å². The summed E-state index contributed by atoms with van der Waals surface area (Å²) in [4.78, 5) is 23.6. The van der Waals surface area contributed by atoms with Gasteiger partial charge in [0.1, 0.15) is 5.92 Å². The minimum atomic E-state index is -1.06. The van der Waals surface area contributed by atoms with Crippen LogP contribution in [0.1, 0.15) is 25.3 Å². The third kappa shape index (κ3) is 2.47. The van der Waals surface area contributed by atoms with E-state index in [0.29, 0.717) is 11.3 Å². The lowest BCUT2D eigenvalue weighted by Gasteiger charge is -2.25. The van der Waals surface area contributed by atoms with E-state index in [-0.39, 0.29) is 32.9 Å². The van der Waals surface area contributed by atoms with E-state index in [2.05, 4.69) is 15.1 Å². The molecule has 130 valence electrons. The largest absolute Gasteiger partial charge is 0.466 e. The predicted molar refractivity (Wildman–Crippen MR) is 83.3 cm³/mol. The monoisotopic (exact) mass is 346 g/mol. The molecular weight excluding hydrogens is 332 g/mol. The average molecular weight is 346 g/mol. The topological polar surface area (TPSA) is 134 Å². The molecule has 10 nitrogen and oxygen atoms in total. The van der Waals surface area contributed by atoms with E-state index in [1.165, 1.54) is 13.2 Å². The first-order valence-electron chi connectivity index (χ1n) is 7.26. The highest BCUT2D eigenvalue weighted by Gasteiger charge is 2.42. The lowest BCUT2D eigenvalue weighted by atomic mass is 9.83. The second-order valence-electron chi connectivity index (χ2n) is 5.50. The molecule has 0 spiro atoms. The van der Waals surface area contributed by atoms with Crippen molar-refractivity contribution in [3.8, 4) is 0 Å². The van der Waals surface area contributed by atoms with Crippen LogP contribution < -0.4 is 10.2 Å². The van der Waals surface area contributed by atoms with Crippen LogP contribution in [0.5, 0.6) is 0 Å². The molecular formula is C15H14N4O6. The molecule has 1 atom stereocenters. The molecule has 2 heterocycles. The van der Waals surface area contributed by atoms with Crippen molar-refractivity contribution in [3.05, 3.63) is 61.7 Å². The number of allylic oxidation sites excluding steroid dienone is 3. The fourth-order valence-corrected chi connectivity index (χ4v) is 3.06. The summed E-state index contributed by atoms with van der Waals surface area (Å²) >= 11 is 0. The first-order chi connectivity index (χ1) is 11.9. The number of benzene rings is 1. The Morgan fingerprint density at radius 2 is 2.12 bits per heavy atom. The smallest absolute Gasteiger partial charge is 0.336 e. The van der Waals surface area contributed by atoms with Gasteiger partial charge in [0.15, 0.2) is 0 Å². The molecule has 1 aliphatic heterocycles. The van der Waals surface area contributed by atoms with E-state index in [1.54, 1.807) is 26.0 Å². The highest BCUT2D eigenvalue weighted by atomic mass is 16.8. The van der Waals surface area contributed by atoms with Gasteiger partial charge in [-0.1, -0.05) is 12.1 Å². The zero-order valence-corrected chi connectivity index (χ0v) is 13.6. The van der Waals surface area contributed by atoms with E-state index < -0.39 is 16.8 Å². The number of hydrogen-bond donors (Lipinski definition) is 1. The van der Waals surface area contributed by atoms with Gasteiger partial charge >= 0.3 is 5.97 Å². The molecule has 0 bridgehead atoms. The Balaban J connectivity index is 2.34. The van der Waals surface area contributed by atoms with Crippen molar-refractivity contribution in [2.75, 3.05) is 7.11 Å². The number of esters is 1. The second-order valence-corrected chi connectivity index (χ2v) is 5.50. The summed E-state index contributed by atoms with van der Waals surface area (Å²) in [7, 11) is 1.19. The lowest BCUT2D eigenvalue weighted by Crippen LogP contribution is -2.31. The number of nitrogens with one attached hydrogen (secondary N) is 1. The quantitative estimate of drug-likeness (QED) is 0.378. The molecule has 1 N–H and O–H groups in total. The molecule has 0 saturated carbocycles. The Labute approximate surface area is 141 Å². The predicted octanol–water partition coefficient (Wildman–Crippen LogP) is 1.10. The second kappa shape index (κ2) is 5.89. The molecule has 0 fully saturated rings. The van der Waals surface area contributed by atoms with Crippen molar-refractivity contribution in [2.45, 2.75) is 19.8 Å². The Morgan fingerprint density at radius 1 is 1.40 bits per heavy atom. The molecule has 0 saturated heterocycles. The van der Waals surface area contributed by atoms with Gasteiger partial charge in [-0.2, -0.15) is 0 Å². The number of fused-ring (bicyclic) bond motifs is 1. The van der Waals surface area contributed by atoms with Gasteiger partial charge in [0, 0.05) is 16.4 Å². The maximum atomic E-state index is 12.3. The van der Waals surface area contributed by atoms with Gasteiger partial charge < -0.3 is 15.3 Å². The molecule has 0 amide bonds. The SMILES string of the molecule is COC(=O)C1=C(C)NC(C)=C([N+](=O)[O-])C1c1cccc2c1no[n+]2[O-]. The first-order valence-corrected chi connectivity index (χ1v) is 7.26. The average Bonchev–Trinajstić information content (AvgIpc) is 2.94. The van der Waals surface area contributed by atoms with Crippen LogP contribution in [0.15, 0.2) is 45.5 Å². The molecule has 1 aliphatic rings. The van der Waals surface area contributed by atoms with Gasteiger partial charge in [-0.3, -0.25) is 14.7 Å². The van der Waals surface area contributed by atoms with E-state index in [9.17, 15) is 20.1 Å². The number of hydrogen-bond acceptors (Lipinski definition) is 8. The van der Waals surface area contributed by atoms with Gasteiger partial charge in [-0.25, -0.2) is 4.79 Å². The molecule has 0 aliphatic carbocycles. The number of methoxy groups -OCH3 is 1. The molecule has 1 aromatic heterocycles. The van der Waals surface area contributed by atoms with E-state index in [4.69, 9.17) is 4.74 Å². The number of rotatable bonds is 3. The summed E-state index contributed by atoms with van der Waals surface area (Å²) in [5.41, 5.74) is 1.13. The van der Waals surface area contributed by atoms with Crippen LogP contribution in [0.2, 0.25) is 0 Å². The van der Waals surface area contributed by atoms with Crippen LogP contribution in [0, 0.1) is 15.3 Å². The van der Waals surface area contributed by atoms with E-state index in [0.717, 1.165) is 0 Å². The van der Waals surface area contributed by atoms with Crippen molar-refractivity contribution in [2.24, 2.45) is 0 Å². The van der Waals surface area contributed by atoms with E-state index in [1.807, 2.05) is 0 Å². The van der Waals surface area contributed by atoms with Crippen LogP contribution in [0.3, 0.4) is 0 Å². The summed E-state index contributed by atoms with van der Waals surface area (Å²) in [6, 6.07) is 4.58. The fraction of sp³-hybridized carbons (Fsp3) is 0.267. The van der Waals surface area contributed by atoms with Crippen molar-refractivity contribution in [3.63, 3.8) is 0 Å². The van der Waals surface area contributed by atoms with Gasteiger partial charge in [0.05, 0.1) is 23.3 Å². The van der Waals surface area contributed by atoms with Crippen LogP contribution in [0.4, 0.5) is 0 Å². The normalized spacial score (nSPS) is 17.6. The molecule has 0 radical (unpaired) electrons. The highest BCUT2D eigenvalue weighted by Crippen LogP contribution is 2.40. The minimum absolute atomic E-state index is 0.0766. The molecule has 1 aromatic carbocycles. The van der Waals surface area contributed by atoms with Crippen LogP contribution in [-0.4, -0.2) is 23.2 Å². The number of nitrogens with zero attached hydrogens (tertiary/aromatic N) is 3. The minimum Gasteiger partial charge on any atom is -0.466 e. The number of carbonyl (C=O) groups is 1. The van der Waals surface area contributed by atoms with Gasteiger partial charge in [0.2, 0.25) is 5.52 Å². The third-order valence-electron chi connectivity index (χ3n) is 4.09. The van der Waals surface area contributed by atoms with Crippen LogP contribution >= 0.6 is 0 Å². The molecule has 25 heavy (non-hydrogen) atoms. The summed E-state index contributed by atoms with van der Waals surface area (Å²) in [6.45, 7) is 3.16. The van der Waals surface area contributed by atoms with E-state index >= 15 is 0 Å². The first kappa shape index (κ1) is 16.4. The summed E-state index contributed by atoms with van der Waals surface area (Å²) in [6.07, 6.45) is 0. The zero-order valence-electron chi connectivity index (χ0n) is 13.6. The maximum absolute atomic E-state index is 12.3. The summed E-state index contributed by atoms with van der Waals surface area (Å²) < 4.78 is 9.39. The Kier molecular flexibility index (Phi) is 3.87. The summed E-state index contributed by atoms with van der Waals surface area (Å²) in [5, 5.41) is 29.9. The Morgan fingerprint density at radius 3 is 2.76 bits per heavy atom. The number of dihydropyridines is 1. The molecule has 2 aromatic rings. The highest BCUT2D eigenvalue weighted by molar-refractivity contribution is 5.93. The Hall–Kier alpha value is -3.43. The maximum Gasteiger partial charge on any atom is 0.336 e. The molecule has 3 rings (SSSR count). The van der Waals surface area contributed by atoms with Crippen molar-refractivity contribution >= 4 is 17.0 Å². The van der Waals surface area contributed by atoms with Crippen molar-refractivity contribution in [1.29, 1.82) is 0 Å². The fourth-order valence-electron chi connectivity index (χ4n) is 3.06. The van der Waals surface area contributed by atoms with Gasteiger partial charge in [-0.15, -0.1) is 0 Å². The Bertz CT molecular complexity index is 958. The van der Waals surface area contributed by atoms with Crippen LogP contribution in [0.25, 0.3) is 11.0 Å². The number of nitro groups is 1. The number of ether oxygens (including phenoxy) is 1. The standard InChI is InChI=1S/C15H14N4O6/c1-7-11(15(20)24-3)12(14(18(21)22)8(2)16-7)9-5-4-6-10-13(9)17-25-19(10)23/h4-6,12,16H,1-3H3. The summed E-state index contributed by atoms with van der Waals surface area (Å²) in [5.74, 6) is -1.77. The zero-order chi connectivity index (χ0) is 18.3. The van der Waals surface area contributed by atoms with Gasteiger partial charge in [-0.05, 0) is 24.8 Å². The lowest BCUT2D eigenvalue weighted by molar-refractivity contribution is -0.782. The van der Waals surface area contributed by atoms with Crippen molar-refractivity contribution < 1.29 is 24.0 Å². The third-order valence-corrected chi connectivity index (χ3v) is 4.09. The molecule has 10 heteroatoms. The number of aromatic nitrogens is 2. The number of carbonyl (C=O) groups excluding carboxylic acids is 1. The van der Waals surface area contributed by atoms with Crippen molar-refractivity contribution in [1.82, 2.24) is 10.5 Å². The van der Waals surface area contributed by atoms with Gasteiger partial charge in [0.25, 0.3) is 11.2 Å².